The molecule has 0 spiro atoms. The summed E-state index contributed by atoms with van der Waals surface area (Å²) >= 11 is 0. The van der Waals surface area contributed by atoms with E-state index in [0.717, 1.165) is 32.7 Å². The number of benzene rings is 2. The normalized spacial score (nSPS) is 15.5. The molecule has 2 N–H and O–H groups in total. The van der Waals surface area contributed by atoms with Crippen LogP contribution in [0, 0.1) is 10.1 Å². The molecule has 0 aromatic heterocycles. The first-order valence-electron chi connectivity index (χ1n) is 10.5. The van der Waals surface area contributed by atoms with Crippen LogP contribution in [0.2, 0.25) is 0 Å². The second-order valence-electron chi connectivity index (χ2n) is 7.59. The van der Waals surface area contributed by atoms with Gasteiger partial charge >= 0.3 is 11.9 Å². The fourth-order valence-corrected chi connectivity index (χ4v) is 3.54. The van der Waals surface area contributed by atoms with Crippen LogP contribution in [0.5, 0.6) is 11.5 Å². The minimum atomic E-state index is -1.82. The molecule has 180 valence electrons. The second-order valence-corrected chi connectivity index (χ2v) is 7.59. The van der Waals surface area contributed by atoms with Crippen molar-refractivity contribution in [2.24, 2.45) is 0 Å². The molecule has 0 aliphatic carbocycles. The fraction of sp³-hybridized carbons (Fsp3) is 0.304. The molecular weight excluding hydrogens is 446 g/mol. The summed E-state index contributed by atoms with van der Waals surface area (Å²) in [6.07, 6.45) is 4.33. The first-order chi connectivity index (χ1) is 16.3. The van der Waals surface area contributed by atoms with E-state index in [2.05, 4.69) is 34.1 Å². The van der Waals surface area contributed by atoms with Gasteiger partial charge in [0, 0.05) is 44.8 Å². The highest BCUT2D eigenvalue weighted by atomic mass is 16.7. The Hall–Kier alpha value is -3.96. The fourth-order valence-electron chi connectivity index (χ4n) is 3.54. The standard InChI is InChI=1S/C21H23N3O4.C2H2O4/c25-24(26)19-14-21-20(27-16-28-21)13-18(19)15-23-11-9-22(10-12-23)8-4-7-17-5-2-1-3-6-17;3-1(4)2(5)6/h1-7,13-14H,8-12,15-16H2;(H,3,4)(H,5,6). The lowest BCUT2D eigenvalue weighted by Gasteiger charge is -2.34. The van der Waals surface area contributed by atoms with Gasteiger partial charge in [-0.2, -0.15) is 0 Å². The van der Waals surface area contributed by atoms with Crippen molar-refractivity contribution in [3.8, 4) is 11.5 Å². The van der Waals surface area contributed by atoms with E-state index in [1.807, 2.05) is 18.2 Å². The maximum atomic E-state index is 11.4. The number of rotatable bonds is 6. The molecule has 0 radical (unpaired) electrons. The molecule has 2 heterocycles. The van der Waals surface area contributed by atoms with Gasteiger partial charge in [0.1, 0.15) is 0 Å². The zero-order chi connectivity index (χ0) is 24.5. The van der Waals surface area contributed by atoms with E-state index in [-0.39, 0.29) is 17.4 Å². The molecule has 2 aromatic carbocycles. The van der Waals surface area contributed by atoms with Crippen LogP contribution in [0.25, 0.3) is 6.08 Å². The van der Waals surface area contributed by atoms with Crippen molar-refractivity contribution in [1.29, 1.82) is 0 Å². The van der Waals surface area contributed by atoms with Gasteiger partial charge in [0.15, 0.2) is 11.5 Å². The molecule has 11 nitrogen and oxygen atoms in total. The van der Waals surface area contributed by atoms with Crippen molar-refractivity contribution in [3.63, 3.8) is 0 Å². The average molecular weight is 471 g/mol. The third-order valence-corrected chi connectivity index (χ3v) is 5.29. The predicted molar refractivity (Wildman–Crippen MR) is 122 cm³/mol. The summed E-state index contributed by atoms with van der Waals surface area (Å²) < 4.78 is 10.6. The van der Waals surface area contributed by atoms with Crippen molar-refractivity contribution in [2.75, 3.05) is 39.5 Å². The van der Waals surface area contributed by atoms with Gasteiger partial charge in [-0.1, -0.05) is 42.5 Å². The Balaban J connectivity index is 0.000000481. The first kappa shape index (κ1) is 24.7. The van der Waals surface area contributed by atoms with Gasteiger partial charge in [-0.25, -0.2) is 9.59 Å². The van der Waals surface area contributed by atoms with E-state index >= 15 is 0 Å². The van der Waals surface area contributed by atoms with Crippen LogP contribution in [0.15, 0.2) is 48.5 Å². The second kappa shape index (κ2) is 11.8. The molecule has 1 fully saturated rings. The van der Waals surface area contributed by atoms with Crippen LogP contribution in [0.3, 0.4) is 0 Å². The lowest BCUT2D eigenvalue weighted by molar-refractivity contribution is -0.385. The molecule has 4 rings (SSSR count). The molecule has 2 aromatic rings. The minimum Gasteiger partial charge on any atom is -0.473 e. The van der Waals surface area contributed by atoms with Gasteiger partial charge in [-0.3, -0.25) is 19.9 Å². The van der Waals surface area contributed by atoms with E-state index in [4.69, 9.17) is 29.3 Å². The van der Waals surface area contributed by atoms with Crippen LogP contribution in [-0.4, -0.2) is 76.4 Å². The van der Waals surface area contributed by atoms with Gasteiger partial charge < -0.3 is 19.7 Å². The summed E-state index contributed by atoms with van der Waals surface area (Å²) in [5.74, 6) is -2.61. The Bertz CT molecular complexity index is 1040. The molecule has 2 aliphatic rings. The Kier molecular flexibility index (Phi) is 8.54. The van der Waals surface area contributed by atoms with Gasteiger partial charge in [0.25, 0.3) is 5.69 Å². The van der Waals surface area contributed by atoms with Crippen molar-refractivity contribution in [1.82, 2.24) is 9.80 Å². The average Bonchev–Trinajstić information content (AvgIpc) is 3.28. The minimum absolute atomic E-state index is 0.0949. The highest BCUT2D eigenvalue weighted by molar-refractivity contribution is 6.27. The lowest BCUT2D eigenvalue weighted by atomic mass is 10.1. The van der Waals surface area contributed by atoms with E-state index in [9.17, 15) is 10.1 Å². The summed E-state index contributed by atoms with van der Waals surface area (Å²) in [6, 6.07) is 13.5. The Labute approximate surface area is 195 Å². The number of hydrogen-bond donors (Lipinski definition) is 2. The van der Waals surface area contributed by atoms with Gasteiger partial charge in [-0.15, -0.1) is 0 Å². The number of hydrogen-bond acceptors (Lipinski definition) is 8. The molecular formula is C23H25N3O8. The number of piperazine rings is 1. The Morgan fingerprint density at radius 3 is 2.15 bits per heavy atom. The number of carbonyl (C=O) groups is 2. The number of nitrogens with zero attached hydrogens (tertiary/aromatic N) is 3. The van der Waals surface area contributed by atoms with Crippen LogP contribution in [0.1, 0.15) is 11.1 Å². The van der Waals surface area contributed by atoms with Crippen molar-refractivity contribution in [2.45, 2.75) is 6.54 Å². The van der Waals surface area contributed by atoms with E-state index in [1.165, 1.54) is 11.6 Å². The number of nitro groups is 1. The van der Waals surface area contributed by atoms with E-state index in [0.29, 0.717) is 23.6 Å². The Morgan fingerprint density at radius 1 is 0.971 bits per heavy atom. The quantitative estimate of drug-likeness (QED) is 0.366. The molecule has 0 bridgehead atoms. The first-order valence-corrected chi connectivity index (χ1v) is 10.5. The van der Waals surface area contributed by atoms with Crippen LogP contribution in [0.4, 0.5) is 5.69 Å². The number of carboxylic acid groups (broad SMARTS) is 2. The third-order valence-electron chi connectivity index (χ3n) is 5.29. The molecule has 34 heavy (non-hydrogen) atoms. The summed E-state index contributed by atoms with van der Waals surface area (Å²) in [6.45, 7) is 5.21. The maximum Gasteiger partial charge on any atom is 0.414 e. The molecule has 0 saturated carbocycles. The number of nitro benzene ring substituents is 1. The van der Waals surface area contributed by atoms with Crippen LogP contribution < -0.4 is 9.47 Å². The Morgan fingerprint density at radius 2 is 1.56 bits per heavy atom. The highest BCUT2D eigenvalue weighted by Gasteiger charge is 2.25. The summed E-state index contributed by atoms with van der Waals surface area (Å²) in [5.41, 5.74) is 1.97. The monoisotopic (exact) mass is 471 g/mol. The molecule has 11 heteroatoms. The zero-order valence-electron chi connectivity index (χ0n) is 18.3. The van der Waals surface area contributed by atoms with E-state index < -0.39 is 11.9 Å². The largest absolute Gasteiger partial charge is 0.473 e. The van der Waals surface area contributed by atoms with Crippen molar-refractivity contribution in [3.05, 3.63) is 69.8 Å². The molecule has 0 atom stereocenters. The van der Waals surface area contributed by atoms with E-state index in [1.54, 1.807) is 6.07 Å². The number of aliphatic carboxylic acids is 2. The molecule has 2 aliphatic heterocycles. The van der Waals surface area contributed by atoms with Gasteiger partial charge in [0.05, 0.1) is 11.0 Å². The summed E-state index contributed by atoms with van der Waals surface area (Å²) in [4.78, 5) is 33.9. The topological polar surface area (TPSA) is 143 Å². The molecule has 0 unspecified atom stereocenters. The summed E-state index contributed by atoms with van der Waals surface area (Å²) in [5, 5.41) is 26.2. The van der Waals surface area contributed by atoms with Crippen molar-refractivity contribution < 1.29 is 34.2 Å². The smallest absolute Gasteiger partial charge is 0.414 e. The molecule has 0 amide bonds. The SMILES string of the molecule is O=C(O)C(=O)O.O=[N+]([O-])c1cc2c(cc1CN1CCN(CC=Cc3ccccc3)CC1)OCO2. The number of ether oxygens (including phenoxy) is 2. The number of carboxylic acids is 2. The van der Waals surface area contributed by atoms with Crippen molar-refractivity contribution >= 4 is 23.7 Å². The molecule has 1 saturated heterocycles. The van der Waals surface area contributed by atoms with Gasteiger partial charge in [-0.05, 0) is 11.6 Å². The van der Waals surface area contributed by atoms with Crippen LogP contribution in [-0.2, 0) is 16.1 Å². The number of fused-ring (bicyclic) bond motifs is 1. The van der Waals surface area contributed by atoms with Gasteiger partial charge in [0.2, 0.25) is 6.79 Å². The van der Waals surface area contributed by atoms with Crippen LogP contribution >= 0.6 is 0 Å². The maximum absolute atomic E-state index is 11.4. The lowest BCUT2D eigenvalue weighted by Crippen LogP contribution is -2.45. The predicted octanol–water partition coefficient (Wildman–Crippen LogP) is 2.31. The third kappa shape index (κ3) is 7.02. The highest BCUT2D eigenvalue weighted by Crippen LogP contribution is 2.38. The summed E-state index contributed by atoms with van der Waals surface area (Å²) in [7, 11) is 0. The zero-order valence-corrected chi connectivity index (χ0v) is 18.3.